The van der Waals surface area contributed by atoms with E-state index in [2.05, 4.69) is 15.6 Å². The fraction of sp³-hybridized carbons (Fsp3) is 0.278. The Morgan fingerprint density at radius 1 is 1.08 bits per heavy atom. The molecule has 0 spiro atoms. The van der Waals surface area contributed by atoms with E-state index in [0.29, 0.717) is 12.2 Å². The molecule has 0 aliphatic heterocycles. The van der Waals surface area contributed by atoms with Gasteiger partial charge in [-0.1, -0.05) is 13.0 Å². The molecule has 2 rings (SSSR count). The Balaban J connectivity index is 1.71. The normalized spacial score (nSPS) is 11.6. The van der Waals surface area contributed by atoms with Crippen molar-refractivity contribution in [1.82, 2.24) is 10.3 Å². The van der Waals surface area contributed by atoms with Crippen LogP contribution in [0.1, 0.15) is 25.5 Å². The Kier molecular flexibility index (Phi) is 6.42. The molecule has 5 nitrogen and oxygen atoms in total. The zero-order valence-electron chi connectivity index (χ0n) is 13.5. The second-order valence-corrected chi connectivity index (χ2v) is 5.67. The number of hydrogen-bond acceptors (Lipinski definition) is 3. The molecule has 1 aromatic heterocycles. The summed E-state index contributed by atoms with van der Waals surface area (Å²) in [5, 5.41) is 5.47. The van der Waals surface area contributed by atoms with Crippen LogP contribution in [0.3, 0.4) is 0 Å². The van der Waals surface area contributed by atoms with Crippen molar-refractivity contribution in [2.75, 3.05) is 5.32 Å². The van der Waals surface area contributed by atoms with E-state index >= 15 is 0 Å². The third-order valence-electron chi connectivity index (χ3n) is 3.39. The van der Waals surface area contributed by atoms with Gasteiger partial charge in [-0.3, -0.25) is 14.6 Å². The van der Waals surface area contributed by atoms with Gasteiger partial charge in [0.1, 0.15) is 5.82 Å². The molecule has 1 heterocycles. The maximum atomic E-state index is 12.8. The van der Waals surface area contributed by atoms with Gasteiger partial charge >= 0.3 is 0 Å². The van der Waals surface area contributed by atoms with E-state index in [0.717, 1.165) is 5.69 Å². The van der Waals surface area contributed by atoms with Crippen LogP contribution >= 0.6 is 0 Å². The Bertz CT molecular complexity index is 674. The van der Waals surface area contributed by atoms with E-state index in [1.54, 1.807) is 6.20 Å². The number of nitrogens with one attached hydrogen (secondary N) is 2. The summed E-state index contributed by atoms with van der Waals surface area (Å²) in [6.07, 6.45) is 2.14. The van der Waals surface area contributed by atoms with E-state index in [4.69, 9.17) is 0 Å². The number of amides is 2. The van der Waals surface area contributed by atoms with Crippen molar-refractivity contribution in [3.63, 3.8) is 0 Å². The summed E-state index contributed by atoms with van der Waals surface area (Å²) in [5.41, 5.74) is 1.32. The number of hydrogen-bond donors (Lipinski definition) is 2. The fourth-order valence-corrected chi connectivity index (χ4v) is 2.21. The average Bonchev–Trinajstić information content (AvgIpc) is 2.56. The Labute approximate surface area is 140 Å². The minimum atomic E-state index is -0.356. The van der Waals surface area contributed by atoms with Gasteiger partial charge in [0.2, 0.25) is 11.8 Å². The highest BCUT2D eigenvalue weighted by Crippen LogP contribution is 2.12. The van der Waals surface area contributed by atoms with Crippen LogP contribution in [0.25, 0.3) is 0 Å². The van der Waals surface area contributed by atoms with Gasteiger partial charge < -0.3 is 10.6 Å². The van der Waals surface area contributed by atoms with E-state index < -0.39 is 0 Å². The first-order valence-corrected chi connectivity index (χ1v) is 7.75. The SMILES string of the molecule is CC(CC(=O)NCc1ccccn1)CC(=O)Nc1ccc(F)cc1. The van der Waals surface area contributed by atoms with Crippen LogP contribution in [0.15, 0.2) is 48.7 Å². The molecule has 0 radical (unpaired) electrons. The number of aromatic nitrogens is 1. The average molecular weight is 329 g/mol. The molecule has 0 aliphatic carbocycles. The van der Waals surface area contributed by atoms with Crippen LogP contribution < -0.4 is 10.6 Å². The van der Waals surface area contributed by atoms with Crippen LogP contribution in [0.4, 0.5) is 10.1 Å². The third kappa shape index (κ3) is 6.16. The number of halogens is 1. The number of pyridine rings is 1. The lowest BCUT2D eigenvalue weighted by Gasteiger charge is -2.12. The first kappa shape index (κ1) is 17.6. The Morgan fingerprint density at radius 3 is 2.46 bits per heavy atom. The Hall–Kier alpha value is -2.76. The molecular weight excluding hydrogens is 309 g/mol. The molecule has 2 N–H and O–H groups in total. The topological polar surface area (TPSA) is 71.1 Å². The Morgan fingerprint density at radius 2 is 1.79 bits per heavy atom. The number of nitrogens with zero attached hydrogens (tertiary/aromatic N) is 1. The van der Waals surface area contributed by atoms with Gasteiger partial charge in [0.25, 0.3) is 0 Å². The number of benzene rings is 1. The highest BCUT2D eigenvalue weighted by molar-refractivity contribution is 5.91. The molecule has 1 unspecified atom stereocenters. The van der Waals surface area contributed by atoms with Crippen LogP contribution in [-0.2, 0) is 16.1 Å². The smallest absolute Gasteiger partial charge is 0.224 e. The summed E-state index contributed by atoms with van der Waals surface area (Å²) in [6, 6.07) is 11.1. The molecule has 1 aromatic carbocycles. The second kappa shape index (κ2) is 8.76. The summed E-state index contributed by atoms with van der Waals surface area (Å²) in [7, 11) is 0. The van der Waals surface area contributed by atoms with Crippen LogP contribution in [0.5, 0.6) is 0 Å². The van der Waals surface area contributed by atoms with Gasteiger partial charge in [0.15, 0.2) is 0 Å². The van der Waals surface area contributed by atoms with Crippen molar-refractivity contribution < 1.29 is 14.0 Å². The largest absolute Gasteiger partial charge is 0.350 e. The molecule has 2 amide bonds. The predicted octanol–water partition coefficient (Wildman–Crippen LogP) is 2.89. The molecule has 0 bridgehead atoms. The maximum absolute atomic E-state index is 12.8. The van der Waals surface area contributed by atoms with Gasteiger partial charge in [-0.15, -0.1) is 0 Å². The lowest BCUT2D eigenvalue weighted by Crippen LogP contribution is -2.26. The predicted molar refractivity (Wildman–Crippen MR) is 89.5 cm³/mol. The molecular formula is C18H20FN3O2. The molecule has 24 heavy (non-hydrogen) atoms. The first-order valence-electron chi connectivity index (χ1n) is 7.75. The maximum Gasteiger partial charge on any atom is 0.224 e. The molecule has 1 atom stereocenters. The molecule has 126 valence electrons. The standard InChI is InChI=1S/C18H20FN3O2/c1-13(10-17(23)21-12-16-4-2-3-9-20-16)11-18(24)22-15-7-5-14(19)6-8-15/h2-9,13H,10-12H2,1H3,(H,21,23)(H,22,24). The van der Waals surface area contributed by atoms with Crippen molar-refractivity contribution in [3.8, 4) is 0 Å². The lowest BCUT2D eigenvalue weighted by atomic mass is 10.0. The molecule has 2 aromatic rings. The summed E-state index contributed by atoms with van der Waals surface area (Å²) < 4.78 is 12.8. The second-order valence-electron chi connectivity index (χ2n) is 5.67. The quantitative estimate of drug-likeness (QED) is 0.820. The van der Waals surface area contributed by atoms with Crippen LogP contribution in [0, 0.1) is 11.7 Å². The van der Waals surface area contributed by atoms with E-state index in [9.17, 15) is 14.0 Å². The fourth-order valence-electron chi connectivity index (χ4n) is 2.21. The van der Waals surface area contributed by atoms with Gasteiger partial charge in [-0.25, -0.2) is 4.39 Å². The third-order valence-corrected chi connectivity index (χ3v) is 3.39. The minimum Gasteiger partial charge on any atom is -0.350 e. The van der Waals surface area contributed by atoms with E-state index in [1.807, 2.05) is 25.1 Å². The van der Waals surface area contributed by atoms with E-state index in [-0.39, 0.29) is 36.4 Å². The monoisotopic (exact) mass is 329 g/mol. The number of carbonyl (C=O) groups excluding carboxylic acids is 2. The molecule has 0 fully saturated rings. The number of rotatable bonds is 7. The first-order chi connectivity index (χ1) is 11.5. The number of carbonyl (C=O) groups is 2. The zero-order chi connectivity index (χ0) is 17.4. The summed E-state index contributed by atoms with van der Waals surface area (Å²) in [5.74, 6) is -0.783. The minimum absolute atomic E-state index is 0.103. The van der Waals surface area contributed by atoms with Crippen molar-refractivity contribution in [1.29, 1.82) is 0 Å². The highest BCUT2D eigenvalue weighted by atomic mass is 19.1. The van der Waals surface area contributed by atoms with Crippen molar-refractivity contribution in [2.45, 2.75) is 26.3 Å². The summed E-state index contributed by atoms with van der Waals surface area (Å²) in [6.45, 7) is 2.21. The lowest BCUT2D eigenvalue weighted by molar-refractivity contribution is -0.122. The molecule has 6 heteroatoms. The number of anilines is 1. The van der Waals surface area contributed by atoms with E-state index in [1.165, 1.54) is 24.3 Å². The van der Waals surface area contributed by atoms with Gasteiger partial charge in [0.05, 0.1) is 12.2 Å². The van der Waals surface area contributed by atoms with Crippen molar-refractivity contribution >= 4 is 17.5 Å². The summed E-state index contributed by atoms with van der Waals surface area (Å²) >= 11 is 0. The molecule has 0 saturated heterocycles. The van der Waals surface area contributed by atoms with Crippen molar-refractivity contribution in [3.05, 3.63) is 60.2 Å². The van der Waals surface area contributed by atoms with Gasteiger partial charge in [-0.05, 0) is 42.3 Å². The van der Waals surface area contributed by atoms with Crippen LogP contribution in [0.2, 0.25) is 0 Å². The van der Waals surface area contributed by atoms with Gasteiger partial charge in [-0.2, -0.15) is 0 Å². The molecule has 0 saturated carbocycles. The molecule has 0 aliphatic rings. The van der Waals surface area contributed by atoms with Crippen molar-refractivity contribution in [2.24, 2.45) is 5.92 Å². The highest BCUT2D eigenvalue weighted by Gasteiger charge is 2.13. The zero-order valence-corrected chi connectivity index (χ0v) is 13.5. The van der Waals surface area contributed by atoms with Gasteiger partial charge in [0, 0.05) is 24.7 Å². The van der Waals surface area contributed by atoms with Crippen LogP contribution in [-0.4, -0.2) is 16.8 Å². The summed E-state index contributed by atoms with van der Waals surface area (Å²) in [4.78, 5) is 27.9.